The van der Waals surface area contributed by atoms with Crippen LogP contribution in [0.5, 0.6) is 5.75 Å². The molecule has 9 heteroatoms. The van der Waals surface area contributed by atoms with Gasteiger partial charge in [0.2, 0.25) is 15.9 Å². The lowest BCUT2D eigenvalue weighted by Crippen LogP contribution is -2.33. The first kappa shape index (κ1) is 24.5. The summed E-state index contributed by atoms with van der Waals surface area (Å²) in [5.41, 5.74) is 0.818. The lowest BCUT2D eigenvalue weighted by molar-refractivity contribution is -0.121. The Bertz CT molecular complexity index is 963. The molecule has 2 aromatic carbocycles. The van der Waals surface area contributed by atoms with Crippen molar-refractivity contribution in [3.05, 3.63) is 58.1 Å². The van der Waals surface area contributed by atoms with Gasteiger partial charge >= 0.3 is 0 Å². The second-order valence-corrected chi connectivity index (χ2v) is 9.90. The molecule has 0 heterocycles. The molecule has 0 aliphatic carbocycles. The topological polar surface area (TPSA) is 75.7 Å². The molecular formula is C21H26Cl2N2O4S. The Morgan fingerprint density at radius 1 is 1.13 bits per heavy atom. The van der Waals surface area contributed by atoms with Gasteiger partial charge in [-0.25, -0.2) is 8.42 Å². The number of ether oxygens (including phenoxy) is 1. The molecule has 0 aliphatic heterocycles. The smallest absolute Gasteiger partial charge is 0.243 e. The minimum atomic E-state index is -3.51. The Hall–Kier alpha value is -1.80. The molecule has 164 valence electrons. The van der Waals surface area contributed by atoms with Gasteiger partial charge in [0.05, 0.1) is 16.5 Å². The highest BCUT2D eigenvalue weighted by Gasteiger charge is 2.22. The summed E-state index contributed by atoms with van der Waals surface area (Å²) in [6, 6.07) is 11.4. The number of carbonyl (C=O) groups is 1. The van der Waals surface area contributed by atoms with Gasteiger partial charge in [-0.1, -0.05) is 35.3 Å². The van der Waals surface area contributed by atoms with Crippen LogP contribution in [-0.4, -0.2) is 38.3 Å². The molecule has 0 aliphatic rings. The van der Waals surface area contributed by atoms with Crippen LogP contribution in [0.3, 0.4) is 0 Å². The predicted molar refractivity (Wildman–Crippen MR) is 120 cm³/mol. The third-order valence-corrected chi connectivity index (χ3v) is 7.10. The van der Waals surface area contributed by atoms with E-state index in [0.29, 0.717) is 41.8 Å². The molecule has 0 saturated heterocycles. The third kappa shape index (κ3) is 6.87. The Morgan fingerprint density at radius 2 is 1.80 bits per heavy atom. The van der Waals surface area contributed by atoms with E-state index in [-0.39, 0.29) is 16.8 Å². The minimum Gasteiger partial charge on any atom is -0.492 e. The van der Waals surface area contributed by atoms with Crippen LogP contribution in [0.1, 0.15) is 32.3 Å². The highest BCUT2D eigenvalue weighted by atomic mass is 35.5. The SMILES string of the molecule is CC(C)N(C)S(=O)(=O)c1ccc(CNC(=O)CCCOc2ccc(Cl)cc2Cl)cc1. The number of nitrogens with zero attached hydrogens (tertiary/aromatic N) is 1. The van der Waals surface area contributed by atoms with Crippen molar-refractivity contribution in [2.24, 2.45) is 0 Å². The molecule has 1 N–H and O–H groups in total. The largest absolute Gasteiger partial charge is 0.492 e. The number of sulfonamides is 1. The van der Waals surface area contributed by atoms with E-state index in [1.54, 1.807) is 49.5 Å². The first-order valence-electron chi connectivity index (χ1n) is 9.53. The van der Waals surface area contributed by atoms with Crippen molar-refractivity contribution in [1.29, 1.82) is 0 Å². The van der Waals surface area contributed by atoms with E-state index in [2.05, 4.69) is 5.32 Å². The van der Waals surface area contributed by atoms with Crippen LogP contribution in [0.2, 0.25) is 10.0 Å². The Balaban J connectivity index is 1.77. The van der Waals surface area contributed by atoms with Crippen molar-refractivity contribution in [1.82, 2.24) is 9.62 Å². The van der Waals surface area contributed by atoms with Gasteiger partial charge in [-0.15, -0.1) is 0 Å². The summed E-state index contributed by atoms with van der Waals surface area (Å²) in [5, 5.41) is 3.78. The monoisotopic (exact) mass is 472 g/mol. The fraction of sp³-hybridized carbons (Fsp3) is 0.381. The lowest BCUT2D eigenvalue weighted by Gasteiger charge is -2.21. The number of carbonyl (C=O) groups excluding carboxylic acids is 1. The normalized spacial score (nSPS) is 11.7. The molecule has 0 bridgehead atoms. The molecule has 2 aromatic rings. The van der Waals surface area contributed by atoms with Crippen LogP contribution < -0.4 is 10.1 Å². The maximum absolute atomic E-state index is 12.5. The number of benzene rings is 2. The van der Waals surface area contributed by atoms with Crippen LogP contribution in [0.25, 0.3) is 0 Å². The van der Waals surface area contributed by atoms with Crippen LogP contribution in [-0.2, 0) is 21.4 Å². The molecule has 0 atom stereocenters. The molecule has 2 rings (SSSR count). The zero-order valence-corrected chi connectivity index (χ0v) is 19.5. The second kappa shape index (κ2) is 11.0. The van der Waals surface area contributed by atoms with Gasteiger partial charge in [0.25, 0.3) is 0 Å². The van der Waals surface area contributed by atoms with Gasteiger partial charge < -0.3 is 10.1 Å². The molecule has 1 amide bonds. The van der Waals surface area contributed by atoms with Crippen LogP contribution >= 0.6 is 23.2 Å². The summed E-state index contributed by atoms with van der Waals surface area (Å²) in [6.07, 6.45) is 0.834. The van der Waals surface area contributed by atoms with Gasteiger partial charge in [-0.2, -0.15) is 4.31 Å². The van der Waals surface area contributed by atoms with Crippen molar-refractivity contribution in [3.63, 3.8) is 0 Å². The van der Waals surface area contributed by atoms with Crippen LogP contribution in [0.4, 0.5) is 0 Å². The second-order valence-electron chi connectivity index (χ2n) is 7.06. The third-order valence-electron chi connectivity index (χ3n) is 4.52. The van der Waals surface area contributed by atoms with E-state index in [1.165, 1.54) is 4.31 Å². The molecule has 0 unspecified atom stereocenters. The van der Waals surface area contributed by atoms with Gasteiger partial charge in [0.15, 0.2) is 0 Å². The van der Waals surface area contributed by atoms with E-state index in [9.17, 15) is 13.2 Å². The number of nitrogens with one attached hydrogen (secondary N) is 1. The molecule has 0 spiro atoms. The minimum absolute atomic E-state index is 0.114. The van der Waals surface area contributed by atoms with Crippen molar-refractivity contribution >= 4 is 39.1 Å². The number of amides is 1. The zero-order valence-electron chi connectivity index (χ0n) is 17.2. The first-order valence-corrected chi connectivity index (χ1v) is 11.7. The van der Waals surface area contributed by atoms with Gasteiger partial charge in [-0.05, 0) is 56.2 Å². The number of hydrogen-bond donors (Lipinski definition) is 1. The molecule has 0 fully saturated rings. The van der Waals surface area contributed by atoms with E-state index < -0.39 is 10.0 Å². The molecular weight excluding hydrogens is 447 g/mol. The predicted octanol–water partition coefficient (Wildman–Crippen LogP) is 4.50. The average molecular weight is 473 g/mol. The number of rotatable bonds is 10. The standard InChI is InChI=1S/C21H26Cl2N2O4S/c1-15(2)25(3)30(27,28)18-9-6-16(7-10-18)14-24-21(26)5-4-12-29-20-11-8-17(22)13-19(20)23/h6-11,13,15H,4-5,12,14H2,1-3H3,(H,24,26). The lowest BCUT2D eigenvalue weighted by atomic mass is 10.2. The molecule has 6 nitrogen and oxygen atoms in total. The summed E-state index contributed by atoms with van der Waals surface area (Å²) in [5.74, 6) is 0.414. The first-order chi connectivity index (χ1) is 14.1. The molecule has 0 radical (unpaired) electrons. The van der Waals surface area contributed by atoms with Crippen LogP contribution in [0.15, 0.2) is 47.4 Å². The average Bonchev–Trinajstić information content (AvgIpc) is 2.70. The van der Waals surface area contributed by atoms with E-state index in [0.717, 1.165) is 5.56 Å². The van der Waals surface area contributed by atoms with Crippen molar-refractivity contribution < 1.29 is 17.9 Å². The highest BCUT2D eigenvalue weighted by Crippen LogP contribution is 2.27. The quantitative estimate of drug-likeness (QED) is 0.516. The molecule has 0 aromatic heterocycles. The summed E-state index contributed by atoms with van der Waals surface area (Å²) < 4.78 is 31.8. The molecule has 0 saturated carbocycles. The summed E-state index contributed by atoms with van der Waals surface area (Å²) in [4.78, 5) is 12.2. The maximum Gasteiger partial charge on any atom is 0.243 e. The van der Waals surface area contributed by atoms with E-state index in [4.69, 9.17) is 27.9 Å². The maximum atomic E-state index is 12.5. The fourth-order valence-corrected chi connectivity index (χ4v) is 4.35. The zero-order chi connectivity index (χ0) is 22.3. The fourth-order valence-electron chi connectivity index (χ4n) is 2.52. The summed E-state index contributed by atoms with van der Waals surface area (Å²) in [7, 11) is -1.96. The van der Waals surface area contributed by atoms with Crippen LogP contribution in [0, 0.1) is 0 Å². The van der Waals surface area contributed by atoms with Crippen molar-refractivity contribution in [3.8, 4) is 5.75 Å². The highest BCUT2D eigenvalue weighted by molar-refractivity contribution is 7.89. The Morgan fingerprint density at radius 3 is 2.40 bits per heavy atom. The van der Waals surface area contributed by atoms with Gasteiger partial charge in [-0.3, -0.25) is 4.79 Å². The molecule has 30 heavy (non-hydrogen) atoms. The van der Waals surface area contributed by atoms with Gasteiger partial charge in [0, 0.05) is 31.1 Å². The summed E-state index contributed by atoms with van der Waals surface area (Å²) in [6.45, 7) is 4.31. The van der Waals surface area contributed by atoms with E-state index in [1.807, 2.05) is 13.8 Å². The van der Waals surface area contributed by atoms with E-state index >= 15 is 0 Å². The van der Waals surface area contributed by atoms with Gasteiger partial charge in [0.1, 0.15) is 5.75 Å². The number of halogens is 2. The van der Waals surface area contributed by atoms with Crippen molar-refractivity contribution in [2.45, 2.75) is 44.2 Å². The number of hydrogen-bond acceptors (Lipinski definition) is 4. The van der Waals surface area contributed by atoms with Crippen molar-refractivity contribution in [2.75, 3.05) is 13.7 Å². The summed E-state index contributed by atoms with van der Waals surface area (Å²) >= 11 is 11.9. The Kier molecular flexibility index (Phi) is 8.97. The Labute approximate surface area is 188 Å².